The summed E-state index contributed by atoms with van der Waals surface area (Å²) in [5.41, 5.74) is 1.01. The first kappa shape index (κ1) is 12.0. The Balaban J connectivity index is 2.08. The van der Waals surface area contributed by atoms with Crippen LogP contribution in [0.15, 0.2) is 42.9 Å². The van der Waals surface area contributed by atoms with Gasteiger partial charge in [0.1, 0.15) is 12.0 Å². The molecule has 1 unspecified atom stereocenters. The van der Waals surface area contributed by atoms with E-state index in [1.54, 1.807) is 18.5 Å². The molecule has 0 aliphatic rings. The van der Waals surface area contributed by atoms with Crippen LogP contribution in [0.5, 0.6) is 0 Å². The average Bonchev–Trinajstić information content (AvgIpc) is 2.40. The summed E-state index contributed by atoms with van der Waals surface area (Å²) in [7, 11) is 0. The summed E-state index contributed by atoms with van der Waals surface area (Å²) in [6.45, 7) is 1.97. The minimum absolute atomic E-state index is 0.0189. The molecule has 0 radical (unpaired) electrons. The van der Waals surface area contributed by atoms with E-state index < -0.39 is 4.92 Å². The number of nitrogens with one attached hydrogen (secondary N) is 1. The zero-order chi connectivity index (χ0) is 13.0. The number of hydrogen-bond acceptors (Lipinski definition) is 5. The van der Waals surface area contributed by atoms with E-state index in [1.165, 1.54) is 12.3 Å². The lowest BCUT2D eigenvalue weighted by molar-refractivity contribution is -0.385. The van der Waals surface area contributed by atoms with Crippen LogP contribution < -0.4 is 5.32 Å². The Morgan fingerprint density at radius 1 is 1.33 bits per heavy atom. The molecular weight excluding hydrogens is 232 g/mol. The van der Waals surface area contributed by atoms with Crippen LogP contribution in [-0.2, 0) is 0 Å². The third kappa shape index (κ3) is 2.79. The SMILES string of the molecule is CC(Nc1ccc([N+](=O)[O-])cn1)c1cccnc1. The molecule has 0 spiro atoms. The highest BCUT2D eigenvalue weighted by atomic mass is 16.6. The van der Waals surface area contributed by atoms with Gasteiger partial charge in [0.15, 0.2) is 0 Å². The lowest BCUT2D eigenvalue weighted by Crippen LogP contribution is -2.08. The number of aromatic nitrogens is 2. The number of nitrogens with zero attached hydrogens (tertiary/aromatic N) is 3. The van der Waals surface area contributed by atoms with Crippen molar-refractivity contribution in [3.8, 4) is 0 Å². The van der Waals surface area contributed by atoms with E-state index in [2.05, 4.69) is 15.3 Å². The third-order valence-electron chi connectivity index (χ3n) is 2.51. The van der Waals surface area contributed by atoms with E-state index >= 15 is 0 Å². The van der Waals surface area contributed by atoms with E-state index in [0.717, 1.165) is 5.56 Å². The Morgan fingerprint density at radius 3 is 2.72 bits per heavy atom. The molecule has 0 saturated heterocycles. The standard InChI is InChI=1S/C12H12N4O2/c1-9(10-3-2-6-13-7-10)15-12-5-4-11(8-14-12)16(17)18/h2-9H,1H3,(H,14,15). The van der Waals surface area contributed by atoms with E-state index in [1.807, 2.05) is 19.1 Å². The Labute approximate surface area is 104 Å². The van der Waals surface area contributed by atoms with Gasteiger partial charge in [-0.2, -0.15) is 0 Å². The minimum Gasteiger partial charge on any atom is -0.363 e. The molecule has 18 heavy (non-hydrogen) atoms. The number of hydrogen-bond donors (Lipinski definition) is 1. The van der Waals surface area contributed by atoms with Gasteiger partial charge in [-0.05, 0) is 24.6 Å². The van der Waals surface area contributed by atoms with Crippen molar-refractivity contribution >= 4 is 11.5 Å². The highest BCUT2D eigenvalue weighted by Crippen LogP contribution is 2.18. The second kappa shape index (κ2) is 5.22. The van der Waals surface area contributed by atoms with Gasteiger partial charge in [-0.15, -0.1) is 0 Å². The van der Waals surface area contributed by atoms with Crippen LogP contribution in [0, 0.1) is 10.1 Å². The predicted molar refractivity (Wildman–Crippen MR) is 67.2 cm³/mol. The van der Waals surface area contributed by atoms with Crippen molar-refractivity contribution in [3.63, 3.8) is 0 Å². The maximum Gasteiger partial charge on any atom is 0.287 e. The Morgan fingerprint density at radius 2 is 2.17 bits per heavy atom. The second-order valence-corrected chi connectivity index (χ2v) is 3.81. The normalized spacial score (nSPS) is 11.8. The van der Waals surface area contributed by atoms with Crippen molar-refractivity contribution in [2.24, 2.45) is 0 Å². The van der Waals surface area contributed by atoms with Gasteiger partial charge < -0.3 is 5.32 Å². The van der Waals surface area contributed by atoms with Crippen molar-refractivity contribution in [1.29, 1.82) is 0 Å². The highest BCUT2D eigenvalue weighted by Gasteiger charge is 2.08. The number of anilines is 1. The van der Waals surface area contributed by atoms with Crippen LogP contribution in [0.3, 0.4) is 0 Å². The molecule has 0 aliphatic carbocycles. The summed E-state index contributed by atoms with van der Waals surface area (Å²) in [6, 6.07) is 6.86. The van der Waals surface area contributed by atoms with Crippen LogP contribution >= 0.6 is 0 Å². The highest BCUT2D eigenvalue weighted by molar-refractivity contribution is 5.42. The molecule has 0 amide bonds. The quantitative estimate of drug-likeness (QED) is 0.660. The van der Waals surface area contributed by atoms with Crippen molar-refractivity contribution in [2.45, 2.75) is 13.0 Å². The average molecular weight is 244 g/mol. The van der Waals surface area contributed by atoms with Crippen LogP contribution in [0.2, 0.25) is 0 Å². The lowest BCUT2D eigenvalue weighted by Gasteiger charge is -2.13. The van der Waals surface area contributed by atoms with Gasteiger partial charge in [-0.1, -0.05) is 6.07 Å². The van der Waals surface area contributed by atoms with Crippen molar-refractivity contribution < 1.29 is 4.92 Å². The molecular formula is C12H12N4O2. The molecule has 0 bridgehead atoms. The number of pyridine rings is 2. The van der Waals surface area contributed by atoms with E-state index in [9.17, 15) is 10.1 Å². The molecule has 2 heterocycles. The monoisotopic (exact) mass is 244 g/mol. The molecule has 0 saturated carbocycles. The number of nitro groups is 1. The Kier molecular flexibility index (Phi) is 3.47. The lowest BCUT2D eigenvalue weighted by atomic mass is 10.1. The summed E-state index contributed by atoms with van der Waals surface area (Å²) < 4.78 is 0. The van der Waals surface area contributed by atoms with Gasteiger partial charge in [-0.25, -0.2) is 4.98 Å². The Bertz CT molecular complexity index is 528. The maximum absolute atomic E-state index is 10.5. The molecule has 2 aromatic rings. The minimum atomic E-state index is -0.471. The maximum atomic E-state index is 10.5. The summed E-state index contributed by atoms with van der Waals surface area (Å²) in [5, 5.41) is 13.6. The van der Waals surface area contributed by atoms with Crippen LogP contribution in [-0.4, -0.2) is 14.9 Å². The van der Waals surface area contributed by atoms with E-state index in [-0.39, 0.29) is 11.7 Å². The molecule has 1 N–H and O–H groups in total. The summed E-state index contributed by atoms with van der Waals surface area (Å²) in [4.78, 5) is 18.0. The van der Waals surface area contributed by atoms with Gasteiger partial charge >= 0.3 is 0 Å². The van der Waals surface area contributed by atoms with Gasteiger partial charge in [0.05, 0.1) is 11.0 Å². The fourth-order valence-corrected chi connectivity index (χ4v) is 1.52. The van der Waals surface area contributed by atoms with Gasteiger partial charge in [0.2, 0.25) is 0 Å². The van der Waals surface area contributed by atoms with Gasteiger partial charge in [0.25, 0.3) is 5.69 Å². The van der Waals surface area contributed by atoms with Crippen molar-refractivity contribution in [3.05, 3.63) is 58.5 Å². The zero-order valence-electron chi connectivity index (χ0n) is 9.78. The first-order valence-electron chi connectivity index (χ1n) is 5.44. The summed E-state index contributed by atoms with van der Waals surface area (Å²) >= 11 is 0. The topological polar surface area (TPSA) is 81.0 Å². The second-order valence-electron chi connectivity index (χ2n) is 3.81. The number of rotatable bonds is 4. The van der Waals surface area contributed by atoms with Crippen LogP contribution in [0.1, 0.15) is 18.5 Å². The smallest absolute Gasteiger partial charge is 0.287 e. The summed E-state index contributed by atoms with van der Waals surface area (Å²) in [5.74, 6) is 0.594. The molecule has 2 rings (SSSR count). The van der Waals surface area contributed by atoms with Crippen molar-refractivity contribution in [2.75, 3.05) is 5.32 Å². The molecule has 6 heteroatoms. The Hall–Kier alpha value is -2.50. The molecule has 0 aromatic carbocycles. The fraction of sp³-hybridized carbons (Fsp3) is 0.167. The first-order chi connectivity index (χ1) is 8.66. The molecule has 2 aromatic heterocycles. The summed E-state index contributed by atoms with van der Waals surface area (Å²) in [6.07, 6.45) is 4.71. The van der Waals surface area contributed by atoms with Crippen LogP contribution in [0.25, 0.3) is 0 Å². The van der Waals surface area contributed by atoms with Gasteiger partial charge in [-0.3, -0.25) is 15.1 Å². The first-order valence-corrected chi connectivity index (χ1v) is 5.44. The molecule has 92 valence electrons. The van der Waals surface area contributed by atoms with Crippen molar-refractivity contribution in [1.82, 2.24) is 9.97 Å². The van der Waals surface area contributed by atoms with Crippen LogP contribution in [0.4, 0.5) is 11.5 Å². The molecule has 1 atom stereocenters. The van der Waals surface area contributed by atoms with E-state index in [4.69, 9.17) is 0 Å². The molecule has 6 nitrogen and oxygen atoms in total. The molecule has 0 fully saturated rings. The molecule has 0 aliphatic heterocycles. The third-order valence-corrected chi connectivity index (χ3v) is 2.51. The fourth-order valence-electron chi connectivity index (χ4n) is 1.52. The largest absolute Gasteiger partial charge is 0.363 e. The predicted octanol–water partition coefficient (Wildman–Crippen LogP) is 2.56. The van der Waals surface area contributed by atoms with E-state index in [0.29, 0.717) is 5.82 Å². The zero-order valence-corrected chi connectivity index (χ0v) is 9.78. The van der Waals surface area contributed by atoms with Gasteiger partial charge in [0, 0.05) is 18.5 Å².